The number of hydrogen-bond acceptors (Lipinski definition) is 4. The van der Waals surface area contributed by atoms with Crippen LogP contribution in [0, 0.1) is 0 Å². The highest BCUT2D eigenvalue weighted by molar-refractivity contribution is 7.16. The fraction of sp³-hybridized carbons (Fsp3) is 0.438. The molecule has 2 aromatic rings. The van der Waals surface area contributed by atoms with E-state index in [-0.39, 0.29) is 0 Å². The van der Waals surface area contributed by atoms with Crippen LogP contribution < -0.4 is 10.6 Å². The van der Waals surface area contributed by atoms with Gasteiger partial charge in [-0.25, -0.2) is 4.98 Å². The van der Waals surface area contributed by atoms with Gasteiger partial charge in [-0.15, -0.1) is 0 Å². The van der Waals surface area contributed by atoms with E-state index in [9.17, 15) is 0 Å². The number of benzene rings is 1. The molecule has 0 fully saturated rings. The molecule has 0 spiro atoms. The molecule has 0 unspecified atom stereocenters. The molecule has 2 N–H and O–H groups in total. The first-order valence-electron chi connectivity index (χ1n) is 7.19. The van der Waals surface area contributed by atoms with Crippen LogP contribution in [0.2, 0.25) is 0 Å². The summed E-state index contributed by atoms with van der Waals surface area (Å²) in [4.78, 5) is 8.28. The minimum atomic E-state index is 0.537. The second-order valence-electron chi connectivity index (χ2n) is 4.92. The zero-order valence-electron chi connectivity index (χ0n) is 12.5. The minimum absolute atomic E-state index is 0.537. The zero-order chi connectivity index (χ0) is 14.5. The summed E-state index contributed by atoms with van der Waals surface area (Å²) in [6.45, 7) is 4.99. The lowest BCUT2D eigenvalue weighted by Gasteiger charge is -2.25. The fourth-order valence-corrected chi connectivity index (χ4v) is 3.44. The van der Waals surface area contributed by atoms with Crippen molar-refractivity contribution in [2.75, 3.05) is 11.9 Å². The monoisotopic (exact) mass is 289 g/mol. The predicted molar refractivity (Wildman–Crippen MR) is 88.2 cm³/mol. The maximum absolute atomic E-state index is 5.89. The molecule has 0 aliphatic heterocycles. The molecule has 108 valence electrons. The van der Waals surface area contributed by atoms with Crippen molar-refractivity contribution in [3.05, 3.63) is 35.2 Å². The van der Waals surface area contributed by atoms with Crippen molar-refractivity contribution in [2.45, 2.75) is 39.3 Å². The van der Waals surface area contributed by atoms with Crippen molar-refractivity contribution in [1.82, 2.24) is 4.98 Å². The molecule has 0 saturated heterocycles. The molecule has 1 heterocycles. The van der Waals surface area contributed by atoms with Crippen LogP contribution in [0.25, 0.3) is 11.3 Å². The summed E-state index contributed by atoms with van der Waals surface area (Å²) in [5.41, 5.74) is 8.07. The summed E-state index contributed by atoms with van der Waals surface area (Å²) < 4.78 is 0. The van der Waals surface area contributed by atoms with Gasteiger partial charge < -0.3 is 10.6 Å². The van der Waals surface area contributed by atoms with Gasteiger partial charge in [-0.3, -0.25) is 0 Å². The molecule has 4 heteroatoms. The number of nitrogens with two attached hydrogens (primary N) is 1. The molecule has 0 atom stereocenters. The van der Waals surface area contributed by atoms with Crippen LogP contribution in [0.5, 0.6) is 0 Å². The van der Waals surface area contributed by atoms with Gasteiger partial charge in [0.25, 0.3) is 0 Å². The Kier molecular flexibility index (Phi) is 5.15. The lowest BCUT2D eigenvalue weighted by atomic mass is 10.1. The van der Waals surface area contributed by atoms with E-state index in [0.29, 0.717) is 12.6 Å². The van der Waals surface area contributed by atoms with E-state index in [4.69, 9.17) is 10.7 Å². The molecular weight excluding hydrogens is 266 g/mol. The molecule has 0 saturated carbocycles. The van der Waals surface area contributed by atoms with Crippen LogP contribution >= 0.6 is 11.3 Å². The Morgan fingerprint density at radius 2 is 1.85 bits per heavy atom. The average molecular weight is 289 g/mol. The molecule has 1 aromatic heterocycles. The van der Waals surface area contributed by atoms with Gasteiger partial charge in [-0.1, -0.05) is 55.5 Å². The van der Waals surface area contributed by atoms with E-state index in [1.54, 1.807) is 11.3 Å². The van der Waals surface area contributed by atoms with Crippen LogP contribution in [0.3, 0.4) is 0 Å². The SMILES string of the molecule is CCC(CC)N(C)c1nc(-c2ccccc2)c(CN)s1. The second kappa shape index (κ2) is 6.86. The minimum Gasteiger partial charge on any atom is -0.348 e. The summed E-state index contributed by atoms with van der Waals surface area (Å²) in [5.74, 6) is 0. The summed E-state index contributed by atoms with van der Waals surface area (Å²) in [6, 6.07) is 10.8. The number of rotatable bonds is 6. The van der Waals surface area contributed by atoms with Gasteiger partial charge >= 0.3 is 0 Å². The molecule has 3 nitrogen and oxygen atoms in total. The summed E-state index contributed by atoms with van der Waals surface area (Å²) in [5, 5.41) is 1.07. The van der Waals surface area contributed by atoms with Gasteiger partial charge in [0, 0.05) is 30.1 Å². The molecule has 2 rings (SSSR count). The summed E-state index contributed by atoms with van der Waals surface area (Å²) >= 11 is 1.71. The molecule has 0 aliphatic carbocycles. The smallest absolute Gasteiger partial charge is 0.186 e. The molecule has 0 bridgehead atoms. The summed E-state index contributed by atoms with van der Waals surface area (Å²) in [6.07, 6.45) is 2.26. The van der Waals surface area contributed by atoms with Crippen LogP contribution in [0.4, 0.5) is 5.13 Å². The standard InChI is InChI=1S/C16H23N3S/c1-4-13(5-2)19(3)16-18-15(14(11-17)20-16)12-9-7-6-8-10-12/h6-10,13H,4-5,11,17H2,1-3H3. The highest BCUT2D eigenvalue weighted by Crippen LogP contribution is 2.33. The van der Waals surface area contributed by atoms with Crippen LogP contribution in [-0.2, 0) is 6.54 Å². The number of aromatic nitrogens is 1. The van der Waals surface area contributed by atoms with Crippen molar-refractivity contribution in [3.63, 3.8) is 0 Å². The maximum Gasteiger partial charge on any atom is 0.186 e. The van der Waals surface area contributed by atoms with Crippen molar-refractivity contribution >= 4 is 16.5 Å². The van der Waals surface area contributed by atoms with Crippen LogP contribution in [0.1, 0.15) is 31.6 Å². The number of anilines is 1. The largest absolute Gasteiger partial charge is 0.348 e. The van der Waals surface area contributed by atoms with Crippen molar-refractivity contribution in [1.29, 1.82) is 0 Å². The van der Waals surface area contributed by atoms with E-state index >= 15 is 0 Å². The molecule has 0 aliphatic rings. The Morgan fingerprint density at radius 3 is 2.40 bits per heavy atom. The molecule has 0 radical (unpaired) electrons. The maximum atomic E-state index is 5.89. The zero-order valence-corrected chi connectivity index (χ0v) is 13.3. The quantitative estimate of drug-likeness (QED) is 0.877. The lowest BCUT2D eigenvalue weighted by molar-refractivity contribution is 0.591. The van der Waals surface area contributed by atoms with Crippen LogP contribution in [0.15, 0.2) is 30.3 Å². The molecule has 0 amide bonds. The summed E-state index contributed by atoms with van der Waals surface area (Å²) in [7, 11) is 2.13. The Bertz CT molecular complexity index is 532. The topological polar surface area (TPSA) is 42.2 Å². The molecule has 20 heavy (non-hydrogen) atoms. The first kappa shape index (κ1) is 15.0. The Hall–Kier alpha value is -1.39. The van der Waals surface area contributed by atoms with E-state index in [1.807, 2.05) is 18.2 Å². The third-order valence-electron chi connectivity index (χ3n) is 3.71. The van der Waals surface area contributed by atoms with Crippen molar-refractivity contribution in [3.8, 4) is 11.3 Å². The van der Waals surface area contributed by atoms with Gasteiger partial charge in [-0.2, -0.15) is 0 Å². The first-order valence-corrected chi connectivity index (χ1v) is 8.00. The van der Waals surface area contributed by atoms with Gasteiger partial charge in [0.05, 0.1) is 5.69 Å². The lowest BCUT2D eigenvalue weighted by Crippen LogP contribution is -2.30. The van der Waals surface area contributed by atoms with Gasteiger partial charge in [-0.05, 0) is 12.8 Å². The Balaban J connectivity index is 2.36. The Labute approximate surface area is 125 Å². The predicted octanol–water partition coefficient (Wildman–Crippen LogP) is 3.89. The molecule has 1 aromatic carbocycles. The van der Waals surface area contributed by atoms with E-state index in [0.717, 1.165) is 34.1 Å². The van der Waals surface area contributed by atoms with Gasteiger partial charge in [0.2, 0.25) is 0 Å². The third kappa shape index (κ3) is 3.02. The van der Waals surface area contributed by atoms with Gasteiger partial charge in [0.15, 0.2) is 5.13 Å². The first-order chi connectivity index (χ1) is 9.71. The van der Waals surface area contributed by atoms with Crippen molar-refractivity contribution in [2.24, 2.45) is 5.73 Å². The van der Waals surface area contributed by atoms with E-state index in [2.05, 4.69) is 37.9 Å². The van der Waals surface area contributed by atoms with E-state index in [1.165, 1.54) is 0 Å². The van der Waals surface area contributed by atoms with Crippen LogP contribution in [-0.4, -0.2) is 18.1 Å². The number of nitrogens with zero attached hydrogens (tertiary/aromatic N) is 2. The normalized spacial score (nSPS) is 11.1. The molecular formula is C16H23N3S. The van der Waals surface area contributed by atoms with E-state index < -0.39 is 0 Å². The number of thiazole rings is 1. The fourth-order valence-electron chi connectivity index (χ4n) is 2.44. The highest BCUT2D eigenvalue weighted by Gasteiger charge is 2.18. The third-order valence-corrected chi connectivity index (χ3v) is 4.88. The number of hydrogen-bond donors (Lipinski definition) is 1. The van der Waals surface area contributed by atoms with Crippen molar-refractivity contribution < 1.29 is 0 Å². The average Bonchev–Trinajstić information content (AvgIpc) is 2.93. The Morgan fingerprint density at radius 1 is 1.20 bits per heavy atom. The second-order valence-corrected chi connectivity index (χ2v) is 5.98. The highest BCUT2D eigenvalue weighted by atomic mass is 32.1. The van der Waals surface area contributed by atoms with Gasteiger partial charge in [0.1, 0.15) is 0 Å².